The van der Waals surface area contributed by atoms with Crippen LogP contribution in [0.25, 0.3) is 22.7 Å². The maximum atomic E-state index is 13.5. The summed E-state index contributed by atoms with van der Waals surface area (Å²) in [6.07, 6.45) is 5.55. The number of aliphatic carboxylic acids is 2. The number of carbonyl (C=O) groups is 5. The van der Waals surface area contributed by atoms with E-state index in [0.29, 0.717) is 74.7 Å². The third kappa shape index (κ3) is 11.4. The van der Waals surface area contributed by atoms with Gasteiger partial charge in [-0.3, -0.25) is 29.0 Å². The second-order valence-corrected chi connectivity index (χ2v) is 14.2. The Morgan fingerprint density at radius 3 is 2.43 bits per heavy atom. The average molecular weight is 791 g/mol. The molecule has 2 atom stereocenters. The van der Waals surface area contributed by atoms with Crippen LogP contribution in [0.15, 0.2) is 58.0 Å². The third-order valence-electron chi connectivity index (χ3n) is 8.67. The molecule has 19 nitrogen and oxygen atoms in total. The zero-order chi connectivity index (χ0) is 40.2. The van der Waals surface area contributed by atoms with E-state index in [-0.39, 0.29) is 29.8 Å². The van der Waals surface area contributed by atoms with Gasteiger partial charge in [0, 0.05) is 62.5 Å². The number of aryl methyl sites for hydroxylation is 2. The Kier molecular flexibility index (Phi) is 14.2. The van der Waals surface area contributed by atoms with Crippen molar-refractivity contribution in [2.75, 3.05) is 24.2 Å². The monoisotopic (exact) mass is 790 g/mol. The van der Waals surface area contributed by atoms with E-state index in [0.717, 1.165) is 22.9 Å². The number of rotatable bonds is 19. The summed E-state index contributed by atoms with van der Waals surface area (Å²) in [5, 5.41) is 37.4. The molecule has 0 spiro atoms. The number of hydrogen-bond acceptors (Lipinski definition) is 13. The number of thioether (sulfide) groups is 1. The van der Waals surface area contributed by atoms with Crippen LogP contribution in [0.5, 0.6) is 0 Å². The zero-order valence-corrected chi connectivity index (χ0v) is 31.3. The average Bonchev–Trinajstić information content (AvgIpc) is 3.82. The highest BCUT2D eigenvalue weighted by Crippen LogP contribution is 2.25. The van der Waals surface area contributed by atoms with Crippen molar-refractivity contribution in [3.8, 4) is 22.7 Å². The number of carboxylic acids is 2. The second kappa shape index (κ2) is 19.4. The molecule has 0 saturated heterocycles. The summed E-state index contributed by atoms with van der Waals surface area (Å²) < 4.78 is 6.94. The fraction of sp³-hybridized carbons (Fsp3) is 0.389. The quantitative estimate of drug-likeness (QED) is 0.0741. The molecule has 1 aliphatic rings. The number of hydrogen-bond donors (Lipinski definition) is 6. The van der Waals surface area contributed by atoms with E-state index in [2.05, 4.69) is 36.2 Å². The van der Waals surface area contributed by atoms with Gasteiger partial charge in [0.05, 0.1) is 23.9 Å². The number of nitrogens with zero attached hydrogens (tertiary/aromatic N) is 6. The number of aromatic nitrogens is 5. The van der Waals surface area contributed by atoms with Crippen molar-refractivity contribution in [1.82, 2.24) is 40.5 Å². The Bertz CT molecular complexity index is 2080. The molecule has 4 heterocycles. The first-order chi connectivity index (χ1) is 26.9. The molecule has 1 aliphatic heterocycles. The number of unbranched alkanes of at least 4 members (excludes halogenated alkanes) is 3. The SMILES string of the molecule is Cc1nnc(-c2cc(-c3ccc(NC(=O)N4Cc5ccncc5C4)cc3)nn(CCCCCCNC(=O)CNC(=O)C(CC(=O)O)SC[C@H](N)C(=O)O)c2=O)o1. The Labute approximate surface area is 324 Å². The van der Waals surface area contributed by atoms with Crippen LogP contribution < -0.4 is 27.2 Å². The highest BCUT2D eigenvalue weighted by Gasteiger charge is 2.26. The van der Waals surface area contributed by atoms with Crippen LogP contribution in [0.1, 0.15) is 49.1 Å². The van der Waals surface area contributed by atoms with Crippen LogP contribution in [0.4, 0.5) is 10.5 Å². The number of nitrogens with one attached hydrogen (secondary N) is 3. The normalized spacial score (nSPS) is 13.1. The van der Waals surface area contributed by atoms with Gasteiger partial charge in [0.25, 0.3) is 11.4 Å². The molecule has 1 aromatic carbocycles. The second-order valence-electron chi connectivity index (χ2n) is 13.0. The van der Waals surface area contributed by atoms with Gasteiger partial charge in [-0.15, -0.1) is 22.0 Å². The summed E-state index contributed by atoms with van der Waals surface area (Å²) in [4.78, 5) is 79.1. The third-order valence-corrected chi connectivity index (χ3v) is 10.0. The predicted octanol–water partition coefficient (Wildman–Crippen LogP) is 1.99. The van der Waals surface area contributed by atoms with Gasteiger partial charge in [-0.25, -0.2) is 9.48 Å². The number of benzene rings is 1. The van der Waals surface area contributed by atoms with Crippen molar-refractivity contribution in [2.45, 2.75) is 70.0 Å². The molecule has 0 bridgehead atoms. The fourth-order valence-electron chi connectivity index (χ4n) is 5.67. The first-order valence-electron chi connectivity index (χ1n) is 17.7. The van der Waals surface area contributed by atoms with Crippen LogP contribution in [-0.2, 0) is 38.8 Å². The smallest absolute Gasteiger partial charge is 0.322 e. The van der Waals surface area contributed by atoms with Gasteiger partial charge >= 0.3 is 18.0 Å². The van der Waals surface area contributed by atoms with E-state index in [9.17, 15) is 28.8 Å². The highest BCUT2D eigenvalue weighted by atomic mass is 32.2. The molecule has 5 rings (SSSR count). The van der Waals surface area contributed by atoms with Crippen molar-refractivity contribution in [1.29, 1.82) is 0 Å². The van der Waals surface area contributed by atoms with Crippen LogP contribution in [-0.4, -0.2) is 100.0 Å². The van der Waals surface area contributed by atoms with Crippen molar-refractivity contribution < 1.29 is 38.6 Å². The van der Waals surface area contributed by atoms with Gasteiger partial charge in [0.15, 0.2) is 0 Å². The van der Waals surface area contributed by atoms with Gasteiger partial charge in [0.2, 0.25) is 17.7 Å². The first-order valence-corrected chi connectivity index (χ1v) is 18.8. The van der Waals surface area contributed by atoms with Crippen molar-refractivity contribution in [3.63, 3.8) is 0 Å². The molecule has 7 N–H and O–H groups in total. The number of carbonyl (C=O) groups excluding carboxylic acids is 3. The van der Waals surface area contributed by atoms with E-state index in [1.807, 2.05) is 6.07 Å². The minimum atomic E-state index is -1.28. The van der Waals surface area contributed by atoms with Crippen LogP contribution >= 0.6 is 11.8 Å². The molecule has 0 aliphatic carbocycles. The molecule has 3 aromatic heterocycles. The van der Waals surface area contributed by atoms with E-state index < -0.39 is 47.0 Å². The van der Waals surface area contributed by atoms with Gasteiger partial charge in [-0.1, -0.05) is 25.0 Å². The standard InChI is InChI=1S/C36H42N10O9S/c1-21-42-43-33(55-21)26-14-28(22-6-8-25(9-7-22)41-36(54)45-18-23-10-12-38-16-24(23)19-45)44-46(34(26)51)13-5-3-2-4-11-39-30(47)17-40-32(50)29(15-31(48)49)56-20-27(37)35(52)53/h6-10,12,14,16,27,29H,2-5,11,13,15,17-20,37H2,1H3,(H,39,47)(H,40,50)(H,41,54)(H,48,49)(H,52,53)/t27-,29?/m0/s1. The molecule has 56 heavy (non-hydrogen) atoms. The van der Waals surface area contributed by atoms with Crippen molar-refractivity contribution in [2.24, 2.45) is 5.73 Å². The maximum absolute atomic E-state index is 13.5. The van der Waals surface area contributed by atoms with Gasteiger partial charge in [-0.2, -0.15) is 5.10 Å². The number of nitrogens with two attached hydrogens (primary N) is 1. The Balaban J connectivity index is 1.10. The van der Waals surface area contributed by atoms with E-state index in [1.54, 1.807) is 54.5 Å². The summed E-state index contributed by atoms with van der Waals surface area (Å²) >= 11 is 0.797. The maximum Gasteiger partial charge on any atom is 0.322 e. The fourth-order valence-corrected chi connectivity index (χ4v) is 6.75. The Hall–Kier alpha value is -6.15. The molecule has 0 radical (unpaired) electrons. The molecular formula is C36H42N10O9S. The number of amides is 4. The predicted molar refractivity (Wildman–Crippen MR) is 203 cm³/mol. The molecular weight excluding hydrogens is 749 g/mol. The number of carboxylic acid groups (broad SMARTS) is 2. The molecule has 20 heteroatoms. The molecule has 1 unspecified atom stereocenters. The van der Waals surface area contributed by atoms with Crippen LogP contribution in [0, 0.1) is 6.92 Å². The number of pyridine rings is 1. The lowest BCUT2D eigenvalue weighted by molar-refractivity contribution is -0.138. The van der Waals surface area contributed by atoms with Crippen molar-refractivity contribution >= 4 is 47.2 Å². The van der Waals surface area contributed by atoms with E-state index in [4.69, 9.17) is 20.4 Å². The van der Waals surface area contributed by atoms with Crippen molar-refractivity contribution in [3.05, 3.63) is 76.2 Å². The van der Waals surface area contributed by atoms with Gasteiger partial charge in [-0.05, 0) is 48.2 Å². The minimum Gasteiger partial charge on any atom is -0.481 e. The molecule has 296 valence electrons. The zero-order valence-electron chi connectivity index (χ0n) is 30.5. The molecule has 4 amide bonds. The summed E-state index contributed by atoms with van der Waals surface area (Å²) in [7, 11) is 0. The number of fused-ring (bicyclic) bond motifs is 1. The first kappa shape index (κ1) is 41.0. The topological polar surface area (TPSA) is 278 Å². The summed E-state index contributed by atoms with van der Waals surface area (Å²) in [6.45, 7) is 2.84. The lowest BCUT2D eigenvalue weighted by Crippen LogP contribution is -2.42. The largest absolute Gasteiger partial charge is 0.481 e. The molecule has 0 fully saturated rings. The van der Waals surface area contributed by atoms with Crippen LogP contribution in [0.2, 0.25) is 0 Å². The number of anilines is 1. The molecule has 4 aromatic rings. The van der Waals surface area contributed by atoms with E-state index in [1.165, 1.54) is 4.68 Å². The number of urea groups is 1. The Morgan fingerprint density at radius 2 is 1.73 bits per heavy atom. The van der Waals surface area contributed by atoms with Gasteiger partial charge in [0.1, 0.15) is 11.6 Å². The highest BCUT2D eigenvalue weighted by molar-refractivity contribution is 8.00. The minimum absolute atomic E-state index is 0.0704. The lowest BCUT2D eigenvalue weighted by Gasteiger charge is -2.16. The van der Waals surface area contributed by atoms with Crippen LogP contribution in [0.3, 0.4) is 0 Å². The lowest BCUT2D eigenvalue weighted by atomic mass is 10.1. The van der Waals surface area contributed by atoms with Gasteiger partial charge < -0.3 is 41.2 Å². The molecule has 0 saturated carbocycles. The summed E-state index contributed by atoms with van der Waals surface area (Å²) in [6, 6.07) is 9.11. The van der Waals surface area contributed by atoms with E-state index >= 15 is 0 Å². The Morgan fingerprint density at radius 1 is 0.982 bits per heavy atom. The summed E-state index contributed by atoms with van der Waals surface area (Å²) in [5.74, 6) is -3.51. The summed E-state index contributed by atoms with van der Waals surface area (Å²) in [5.41, 5.74) is 9.10.